The van der Waals surface area contributed by atoms with Crippen LogP contribution in [-0.2, 0) is 12.7 Å². The fraction of sp³-hybridized carbons (Fsp3) is 0.0870. The molecule has 5 aromatic rings. The molecule has 0 bridgehead atoms. The number of aromatic nitrogens is 3. The van der Waals surface area contributed by atoms with Gasteiger partial charge in [-0.2, -0.15) is 17.6 Å². The lowest BCUT2D eigenvalue weighted by Gasteiger charge is -2.17. The first-order valence-corrected chi connectivity index (χ1v) is 10.4. The maximum absolute atomic E-state index is 13.4. The lowest BCUT2D eigenvalue weighted by atomic mass is 10.0. The Kier molecular flexibility index (Phi) is 4.70. The van der Waals surface area contributed by atoms with Gasteiger partial charge in [-0.05, 0) is 35.9 Å². The number of nitrogens with zero attached hydrogens (tertiary/aromatic N) is 3. The summed E-state index contributed by atoms with van der Waals surface area (Å²) >= 11 is 1.41. The van der Waals surface area contributed by atoms with E-state index in [4.69, 9.17) is 0 Å². The second kappa shape index (κ2) is 7.45. The molecule has 0 saturated carbocycles. The molecule has 0 spiro atoms. The van der Waals surface area contributed by atoms with Crippen LogP contribution in [0.25, 0.3) is 27.0 Å². The Morgan fingerprint density at radius 1 is 1.03 bits per heavy atom. The number of benzene rings is 2. The monoisotopic (exact) mass is 453 g/mol. The Morgan fingerprint density at radius 3 is 2.59 bits per heavy atom. The van der Waals surface area contributed by atoms with Crippen LogP contribution in [0.1, 0.15) is 10.6 Å². The minimum absolute atomic E-state index is 0.0777. The molecule has 9 heteroatoms. The molecule has 0 N–H and O–H groups in total. The van der Waals surface area contributed by atoms with Crippen molar-refractivity contribution in [2.45, 2.75) is 12.7 Å². The molecule has 3 aromatic heterocycles. The highest BCUT2D eigenvalue weighted by Crippen LogP contribution is 2.32. The van der Waals surface area contributed by atoms with E-state index in [1.807, 2.05) is 24.3 Å². The first-order chi connectivity index (χ1) is 15.3. The highest BCUT2D eigenvalue weighted by Gasteiger charge is 2.31. The zero-order valence-electron chi connectivity index (χ0n) is 16.3. The van der Waals surface area contributed by atoms with Crippen LogP contribution < -0.4 is 15.2 Å². The Morgan fingerprint density at radius 2 is 1.81 bits per heavy atom. The number of rotatable bonds is 3. The Bertz CT molecular complexity index is 1510. The predicted octanol–water partition coefficient (Wildman–Crippen LogP) is 4.00. The third-order valence-electron chi connectivity index (χ3n) is 5.12. The molecule has 5 nitrogen and oxygen atoms in total. The van der Waals surface area contributed by atoms with Gasteiger partial charge >= 0.3 is 11.7 Å². The van der Waals surface area contributed by atoms with Crippen LogP contribution in [0.2, 0.25) is 0 Å². The number of para-hydroxylation sites is 1. The Balaban J connectivity index is 1.74. The number of alkyl halides is 3. The van der Waals surface area contributed by atoms with E-state index in [0.29, 0.717) is 10.7 Å². The van der Waals surface area contributed by atoms with Gasteiger partial charge in [-0.3, -0.25) is 0 Å². The summed E-state index contributed by atoms with van der Waals surface area (Å²) in [5, 5.41) is 14.1. The normalized spacial score (nSPS) is 12.0. The lowest BCUT2D eigenvalue weighted by Crippen LogP contribution is -2.44. The van der Waals surface area contributed by atoms with E-state index in [0.717, 1.165) is 22.3 Å². The summed E-state index contributed by atoms with van der Waals surface area (Å²) in [4.78, 5) is 17.7. The first kappa shape index (κ1) is 20.2. The van der Waals surface area contributed by atoms with Gasteiger partial charge in [0.2, 0.25) is 0 Å². The van der Waals surface area contributed by atoms with E-state index >= 15 is 0 Å². The van der Waals surface area contributed by atoms with Crippen molar-refractivity contribution in [3.05, 3.63) is 93.9 Å². The van der Waals surface area contributed by atoms with Crippen LogP contribution >= 0.6 is 11.3 Å². The second-order valence-corrected chi connectivity index (χ2v) is 8.27. The van der Waals surface area contributed by atoms with Crippen molar-refractivity contribution in [1.29, 1.82) is 0 Å². The molecular formula is C23H14F3N3O2S. The second-order valence-electron chi connectivity index (χ2n) is 7.15. The molecule has 0 atom stereocenters. The first-order valence-electron chi connectivity index (χ1n) is 9.59. The third-order valence-corrected chi connectivity index (χ3v) is 6.14. The van der Waals surface area contributed by atoms with Crippen molar-refractivity contribution in [3.63, 3.8) is 0 Å². The van der Waals surface area contributed by atoms with Gasteiger partial charge < -0.3 is 5.11 Å². The van der Waals surface area contributed by atoms with Crippen molar-refractivity contribution >= 4 is 27.2 Å². The summed E-state index contributed by atoms with van der Waals surface area (Å²) in [5.74, 6) is -0.667. The molecule has 5 rings (SSSR count). The minimum Gasteiger partial charge on any atom is -0.842 e. The number of hydrogen-bond donors (Lipinski definition) is 0. The van der Waals surface area contributed by atoms with Gasteiger partial charge in [-0.1, -0.05) is 30.3 Å². The predicted molar refractivity (Wildman–Crippen MR) is 112 cm³/mol. The lowest BCUT2D eigenvalue weighted by molar-refractivity contribution is -0.708. The van der Waals surface area contributed by atoms with E-state index in [2.05, 4.69) is 4.98 Å². The molecule has 0 unspecified atom stereocenters. The molecule has 3 heterocycles. The molecule has 160 valence electrons. The zero-order chi connectivity index (χ0) is 22.5. The standard InChI is InChI=1S/C23H14F3N3O2S/c24-23(25,26)15-7-5-6-14(12-15)20-21(30)28-11-4-3-10-19(28)29(22(20)31)13-18-27-16-8-1-2-9-17(16)32-18/h1-12H,13H2. The quantitative estimate of drug-likeness (QED) is 0.388. The fourth-order valence-electron chi connectivity index (χ4n) is 3.65. The summed E-state index contributed by atoms with van der Waals surface area (Å²) in [5.41, 5.74) is -0.879. The average Bonchev–Trinajstić information content (AvgIpc) is 3.19. The summed E-state index contributed by atoms with van der Waals surface area (Å²) in [6, 6.07) is 16.7. The van der Waals surface area contributed by atoms with Gasteiger partial charge in [-0.15, -0.1) is 11.3 Å². The fourth-order valence-corrected chi connectivity index (χ4v) is 4.61. The number of pyridine rings is 1. The highest BCUT2D eigenvalue weighted by atomic mass is 32.1. The average molecular weight is 453 g/mol. The number of hydrogen-bond acceptors (Lipinski definition) is 4. The van der Waals surface area contributed by atoms with E-state index in [-0.39, 0.29) is 17.7 Å². The molecule has 32 heavy (non-hydrogen) atoms. The smallest absolute Gasteiger partial charge is 0.416 e. The van der Waals surface area contributed by atoms with E-state index in [1.54, 1.807) is 18.2 Å². The van der Waals surface area contributed by atoms with Crippen molar-refractivity contribution in [2.24, 2.45) is 0 Å². The maximum Gasteiger partial charge on any atom is 0.416 e. The summed E-state index contributed by atoms with van der Waals surface area (Å²) < 4.78 is 43.3. The maximum atomic E-state index is 13.4. The molecular weight excluding hydrogens is 439 g/mol. The van der Waals surface area contributed by atoms with E-state index in [1.165, 1.54) is 38.6 Å². The molecule has 0 fully saturated rings. The van der Waals surface area contributed by atoms with Crippen LogP contribution in [0.15, 0.2) is 77.7 Å². The molecule has 0 saturated heterocycles. The Hall–Kier alpha value is -3.72. The molecule has 0 aliphatic rings. The molecule has 0 amide bonds. The van der Waals surface area contributed by atoms with Gasteiger partial charge in [-0.25, -0.2) is 14.3 Å². The molecule has 2 aromatic carbocycles. The van der Waals surface area contributed by atoms with Gasteiger partial charge in [0.15, 0.2) is 0 Å². The van der Waals surface area contributed by atoms with Gasteiger partial charge in [0.1, 0.15) is 17.1 Å². The molecule has 0 aliphatic carbocycles. The van der Waals surface area contributed by atoms with Gasteiger partial charge in [0.25, 0.3) is 5.65 Å². The van der Waals surface area contributed by atoms with E-state index in [9.17, 15) is 23.1 Å². The van der Waals surface area contributed by atoms with Crippen molar-refractivity contribution in [1.82, 2.24) is 9.38 Å². The zero-order valence-corrected chi connectivity index (χ0v) is 17.2. The van der Waals surface area contributed by atoms with Crippen LogP contribution in [0.5, 0.6) is 5.88 Å². The third kappa shape index (κ3) is 3.40. The summed E-state index contributed by atoms with van der Waals surface area (Å²) in [6.45, 7) is 0.0813. The number of halogens is 3. The molecule has 0 radical (unpaired) electrons. The number of fused-ring (bicyclic) bond motifs is 2. The van der Waals surface area contributed by atoms with Crippen molar-refractivity contribution in [3.8, 4) is 17.0 Å². The van der Waals surface area contributed by atoms with Crippen molar-refractivity contribution in [2.75, 3.05) is 0 Å². The van der Waals surface area contributed by atoms with Crippen LogP contribution in [0.4, 0.5) is 13.2 Å². The van der Waals surface area contributed by atoms with E-state index < -0.39 is 23.2 Å². The largest absolute Gasteiger partial charge is 0.842 e. The minimum atomic E-state index is -4.59. The van der Waals surface area contributed by atoms with Crippen LogP contribution in [0.3, 0.4) is 0 Å². The van der Waals surface area contributed by atoms with Crippen LogP contribution in [-0.4, -0.2) is 9.38 Å². The molecule has 0 aliphatic heterocycles. The topological polar surface area (TPSA) is 61.3 Å². The summed E-state index contributed by atoms with van der Waals surface area (Å²) in [6.07, 6.45) is -3.11. The van der Waals surface area contributed by atoms with Gasteiger partial charge in [0.05, 0.1) is 27.9 Å². The van der Waals surface area contributed by atoms with Crippen molar-refractivity contribution < 1.29 is 22.8 Å². The number of thiazole rings is 1. The SMILES string of the molecule is O=c1c(-c2cccc(C(F)(F)F)c2)c([O-])[n+](Cc2nc3ccccc3s2)c2ccccn12. The Labute approximate surface area is 183 Å². The summed E-state index contributed by atoms with van der Waals surface area (Å²) in [7, 11) is 0. The highest BCUT2D eigenvalue weighted by molar-refractivity contribution is 7.18. The van der Waals surface area contributed by atoms with Gasteiger partial charge in [0, 0.05) is 6.07 Å². The van der Waals surface area contributed by atoms with Crippen LogP contribution in [0, 0.1) is 0 Å².